The normalized spacial score (nSPS) is 31.8. The van der Waals surface area contributed by atoms with Crippen LogP contribution in [0.5, 0.6) is 0 Å². The van der Waals surface area contributed by atoms with Crippen molar-refractivity contribution in [1.82, 2.24) is 15.5 Å². The molecular formula is C22H37N3O5. The third kappa shape index (κ3) is 5.72. The minimum atomic E-state index is -0.250. The molecule has 1 spiro atoms. The summed E-state index contributed by atoms with van der Waals surface area (Å²) in [7, 11) is 0. The minimum absolute atomic E-state index is 0.0719. The summed E-state index contributed by atoms with van der Waals surface area (Å²) in [6.07, 6.45) is 7.42. The van der Waals surface area contributed by atoms with Crippen molar-refractivity contribution < 1.29 is 24.2 Å². The zero-order valence-corrected chi connectivity index (χ0v) is 18.3. The van der Waals surface area contributed by atoms with E-state index in [-0.39, 0.29) is 30.0 Å². The van der Waals surface area contributed by atoms with Crippen LogP contribution in [0.4, 0.5) is 0 Å². The van der Waals surface area contributed by atoms with E-state index in [1.165, 1.54) is 0 Å². The van der Waals surface area contributed by atoms with E-state index >= 15 is 0 Å². The number of carbonyl (C=O) groups excluding carboxylic acids is 2. The third-order valence-corrected chi connectivity index (χ3v) is 6.88. The molecule has 4 rings (SSSR count). The van der Waals surface area contributed by atoms with Crippen molar-refractivity contribution in [1.29, 1.82) is 0 Å². The average molecular weight is 424 g/mol. The maximum Gasteiger partial charge on any atom is 0.290 e. The topological polar surface area (TPSA) is 108 Å². The van der Waals surface area contributed by atoms with Gasteiger partial charge in [-0.25, -0.2) is 0 Å². The number of nitrogens with one attached hydrogen (secondary N) is 2. The minimum Gasteiger partial charge on any atom is -0.483 e. The Bertz CT molecular complexity index is 624. The number of nitrogens with zero attached hydrogens (tertiary/aromatic N) is 1. The fraction of sp³-hybridized carbons (Fsp3) is 0.864. The van der Waals surface area contributed by atoms with Crippen molar-refractivity contribution in [3.63, 3.8) is 0 Å². The number of carbonyl (C=O) groups is 3. The van der Waals surface area contributed by atoms with E-state index in [9.17, 15) is 9.59 Å². The lowest BCUT2D eigenvalue weighted by Crippen LogP contribution is -2.41. The van der Waals surface area contributed by atoms with Gasteiger partial charge in [-0.05, 0) is 38.0 Å². The first kappa shape index (κ1) is 23.0. The molecule has 4 aliphatic rings. The lowest BCUT2D eigenvalue weighted by Gasteiger charge is -2.29. The zero-order valence-electron chi connectivity index (χ0n) is 18.3. The van der Waals surface area contributed by atoms with Crippen LogP contribution in [0.15, 0.2) is 0 Å². The van der Waals surface area contributed by atoms with Crippen LogP contribution in [0.3, 0.4) is 0 Å². The van der Waals surface area contributed by atoms with Crippen LogP contribution < -0.4 is 10.6 Å². The molecule has 170 valence electrons. The zero-order chi connectivity index (χ0) is 21.7. The highest BCUT2D eigenvalue weighted by Gasteiger charge is 2.62. The Labute approximate surface area is 179 Å². The molecule has 30 heavy (non-hydrogen) atoms. The first-order valence-corrected chi connectivity index (χ1v) is 11.4. The molecule has 1 saturated carbocycles. The van der Waals surface area contributed by atoms with E-state index in [4.69, 9.17) is 14.6 Å². The van der Waals surface area contributed by atoms with Gasteiger partial charge in [0.15, 0.2) is 0 Å². The molecule has 0 aromatic rings. The Morgan fingerprint density at radius 1 is 1.27 bits per heavy atom. The first-order chi connectivity index (χ1) is 14.4. The highest BCUT2D eigenvalue weighted by atomic mass is 16.5. The summed E-state index contributed by atoms with van der Waals surface area (Å²) in [5.41, 5.74) is -0.0719. The monoisotopic (exact) mass is 423 g/mol. The molecule has 8 nitrogen and oxygen atoms in total. The van der Waals surface area contributed by atoms with Crippen LogP contribution in [0, 0.1) is 17.8 Å². The van der Waals surface area contributed by atoms with Gasteiger partial charge in [-0.3, -0.25) is 19.3 Å². The Balaban J connectivity index is 0.000000806. The molecule has 3 aliphatic heterocycles. The number of carboxylic acid groups (broad SMARTS) is 1. The summed E-state index contributed by atoms with van der Waals surface area (Å²) < 4.78 is 6.42. The van der Waals surface area contributed by atoms with E-state index in [0.29, 0.717) is 36.8 Å². The Morgan fingerprint density at radius 2 is 2.00 bits per heavy atom. The van der Waals surface area contributed by atoms with E-state index in [1.807, 2.05) is 0 Å². The maximum atomic E-state index is 12.2. The van der Waals surface area contributed by atoms with Gasteiger partial charge in [0, 0.05) is 43.9 Å². The second kappa shape index (κ2) is 10.1. The SMILES string of the molecule is CC(C)CCCC(=O)NC[C@H]1[C@H]2CN(CC(=O)NC3CC3)C[C@]23CC[C@H]1O3.O=CO. The highest BCUT2D eigenvalue weighted by Crippen LogP contribution is 2.54. The fourth-order valence-corrected chi connectivity index (χ4v) is 5.38. The van der Waals surface area contributed by atoms with Crippen LogP contribution >= 0.6 is 0 Å². The molecule has 3 N–H and O–H groups in total. The Kier molecular flexibility index (Phi) is 7.74. The van der Waals surface area contributed by atoms with Crippen molar-refractivity contribution in [2.45, 2.75) is 76.5 Å². The van der Waals surface area contributed by atoms with Gasteiger partial charge in [0.05, 0.1) is 18.2 Å². The number of amides is 2. The van der Waals surface area contributed by atoms with Crippen molar-refractivity contribution >= 4 is 18.3 Å². The summed E-state index contributed by atoms with van der Waals surface area (Å²) in [6, 6.07) is 0.420. The van der Waals surface area contributed by atoms with Gasteiger partial charge in [-0.15, -0.1) is 0 Å². The number of ether oxygens (including phenoxy) is 1. The highest BCUT2D eigenvalue weighted by molar-refractivity contribution is 5.78. The number of hydrogen-bond donors (Lipinski definition) is 3. The maximum absolute atomic E-state index is 12.2. The standard InChI is InChI=1S/C21H35N3O3.CH2O2/c1-14(2)4-3-5-19(25)22-10-16-17-11-24(12-20(26)23-15-6-7-15)13-21(17)9-8-18(16)27-21;2-1-3/h14-18H,3-13H2,1-2H3,(H,22,25)(H,23,26);1H,(H,2,3)/t16-,17+,18+,21+;/m0./s1. The lowest BCUT2D eigenvalue weighted by molar-refractivity contribution is -0.123. The molecule has 2 amide bonds. The molecule has 0 aromatic carbocycles. The van der Waals surface area contributed by atoms with Gasteiger partial charge in [0.25, 0.3) is 6.47 Å². The molecule has 3 saturated heterocycles. The number of fused-ring (bicyclic) bond motifs is 1. The molecule has 0 aromatic heterocycles. The van der Waals surface area contributed by atoms with E-state index in [0.717, 1.165) is 58.2 Å². The van der Waals surface area contributed by atoms with Crippen molar-refractivity contribution in [2.75, 3.05) is 26.2 Å². The fourth-order valence-electron chi connectivity index (χ4n) is 5.38. The smallest absolute Gasteiger partial charge is 0.290 e. The molecule has 2 bridgehead atoms. The molecule has 0 radical (unpaired) electrons. The van der Waals surface area contributed by atoms with Gasteiger partial charge >= 0.3 is 0 Å². The number of hydrogen-bond acceptors (Lipinski definition) is 5. The summed E-state index contributed by atoms with van der Waals surface area (Å²) in [5, 5.41) is 13.1. The summed E-state index contributed by atoms with van der Waals surface area (Å²) >= 11 is 0. The predicted octanol–water partition coefficient (Wildman–Crippen LogP) is 1.39. The molecular weight excluding hydrogens is 386 g/mol. The molecule has 0 unspecified atom stereocenters. The second-order valence-electron chi connectivity index (χ2n) is 9.74. The number of rotatable bonds is 9. The van der Waals surface area contributed by atoms with E-state index < -0.39 is 0 Å². The quantitative estimate of drug-likeness (QED) is 0.484. The van der Waals surface area contributed by atoms with Crippen molar-refractivity contribution in [2.24, 2.45) is 17.8 Å². The van der Waals surface area contributed by atoms with Crippen LogP contribution in [0.25, 0.3) is 0 Å². The van der Waals surface area contributed by atoms with E-state index in [1.54, 1.807) is 0 Å². The lowest BCUT2D eigenvalue weighted by atomic mass is 9.73. The van der Waals surface area contributed by atoms with Crippen LogP contribution in [-0.4, -0.2) is 72.2 Å². The summed E-state index contributed by atoms with van der Waals surface area (Å²) in [4.78, 5) is 35.0. The molecule has 4 fully saturated rings. The third-order valence-electron chi connectivity index (χ3n) is 6.88. The Morgan fingerprint density at radius 3 is 2.67 bits per heavy atom. The number of likely N-dealkylation sites (tertiary alicyclic amines) is 1. The van der Waals surface area contributed by atoms with Gasteiger partial charge < -0.3 is 20.5 Å². The van der Waals surface area contributed by atoms with Crippen molar-refractivity contribution in [3.05, 3.63) is 0 Å². The van der Waals surface area contributed by atoms with E-state index in [2.05, 4.69) is 29.4 Å². The molecule has 4 atom stereocenters. The predicted molar refractivity (Wildman–Crippen MR) is 112 cm³/mol. The average Bonchev–Trinajstić information content (AvgIpc) is 3.16. The van der Waals surface area contributed by atoms with Gasteiger partial charge in [-0.2, -0.15) is 0 Å². The van der Waals surface area contributed by atoms with Gasteiger partial charge in [-0.1, -0.05) is 20.3 Å². The van der Waals surface area contributed by atoms with Crippen LogP contribution in [0.1, 0.15) is 58.8 Å². The second-order valence-corrected chi connectivity index (χ2v) is 9.74. The largest absolute Gasteiger partial charge is 0.483 e. The first-order valence-electron chi connectivity index (χ1n) is 11.4. The van der Waals surface area contributed by atoms with Crippen molar-refractivity contribution in [3.8, 4) is 0 Å². The van der Waals surface area contributed by atoms with Crippen LogP contribution in [0.2, 0.25) is 0 Å². The summed E-state index contributed by atoms with van der Waals surface area (Å²) in [6.45, 7) is 7.13. The van der Waals surface area contributed by atoms with Crippen LogP contribution in [-0.2, 0) is 19.1 Å². The van der Waals surface area contributed by atoms with Gasteiger partial charge in [0.1, 0.15) is 0 Å². The van der Waals surface area contributed by atoms with Gasteiger partial charge in [0.2, 0.25) is 11.8 Å². The molecule has 8 heteroatoms. The molecule has 1 aliphatic carbocycles. The Hall–Kier alpha value is -1.67. The summed E-state index contributed by atoms with van der Waals surface area (Å²) in [5.74, 6) is 1.81. The molecule has 3 heterocycles.